The summed E-state index contributed by atoms with van der Waals surface area (Å²) in [4.78, 5) is 24.0. The predicted molar refractivity (Wildman–Crippen MR) is 98.6 cm³/mol. The van der Waals surface area contributed by atoms with Gasteiger partial charge < -0.3 is 4.57 Å². The first-order chi connectivity index (χ1) is 11.5. The van der Waals surface area contributed by atoms with Crippen molar-refractivity contribution in [3.63, 3.8) is 0 Å². The van der Waals surface area contributed by atoms with Gasteiger partial charge in [0.05, 0.1) is 0 Å². The zero-order chi connectivity index (χ0) is 17.4. The summed E-state index contributed by atoms with van der Waals surface area (Å²) in [5, 5.41) is 3.48. The Balaban J connectivity index is 2.51. The molecule has 0 bridgehead atoms. The number of aromatic nitrogens is 1. The standard InChI is InChI=1S/C21H25NO2/c1-5-7-18-17(12-13(3)14(4)23)21-16-9-11-20(24)15(16)8-10-19(21)22(18)6-2/h7-8,10,12-13H,5-6,9,11H2,1-4H3/b17-12+,18-7+. The quantitative estimate of drug-likeness (QED) is 0.868. The van der Waals surface area contributed by atoms with Crippen LogP contribution in [0.2, 0.25) is 0 Å². The number of hydrogen-bond acceptors (Lipinski definition) is 2. The normalized spacial score (nSPS) is 16.9. The average Bonchev–Trinajstić information content (AvgIpc) is 3.06. The Morgan fingerprint density at radius 2 is 2.04 bits per heavy atom. The maximum atomic E-state index is 12.2. The van der Waals surface area contributed by atoms with E-state index in [2.05, 4.69) is 36.6 Å². The van der Waals surface area contributed by atoms with Crippen molar-refractivity contribution >= 4 is 34.6 Å². The van der Waals surface area contributed by atoms with Gasteiger partial charge in [0.15, 0.2) is 5.78 Å². The van der Waals surface area contributed by atoms with E-state index in [0.29, 0.717) is 6.42 Å². The van der Waals surface area contributed by atoms with E-state index in [4.69, 9.17) is 0 Å². The number of nitrogens with zero attached hydrogens (tertiary/aromatic N) is 1. The van der Waals surface area contributed by atoms with Gasteiger partial charge in [-0.1, -0.05) is 26.0 Å². The van der Waals surface area contributed by atoms with Crippen LogP contribution in [0, 0.1) is 5.92 Å². The van der Waals surface area contributed by atoms with E-state index in [1.54, 1.807) is 6.92 Å². The number of Topliss-reactive ketones (excluding diaryl/α,β-unsaturated/α-hetero) is 2. The van der Waals surface area contributed by atoms with Crippen molar-refractivity contribution in [2.24, 2.45) is 5.92 Å². The number of benzene rings is 1. The van der Waals surface area contributed by atoms with Gasteiger partial charge in [-0.15, -0.1) is 0 Å². The maximum absolute atomic E-state index is 12.2. The summed E-state index contributed by atoms with van der Waals surface area (Å²) >= 11 is 0. The largest absolute Gasteiger partial charge is 0.341 e. The van der Waals surface area contributed by atoms with Crippen LogP contribution in [0.3, 0.4) is 0 Å². The number of rotatable bonds is 4. The molecule has 1 aliphatic carbocycles. The van der Waals surface area contributed by atoms with Gasteiger partial charge in [-0.05, 0) is 44.4 Å². The highest BCUT2D eigenvalue weighted by molar-refractivity contribution is 6.05. The summed E-state index contributed by atoms with van der Waals surface area (Å²) in [6.07, 6.45) is 6.65. The highest BCUT2D eigenvalue weighted by atomic mass is 16.1. The van der Waals surface area contributed by atoms with Crippen LogP contribution in [0.5, 0.6) is 0 Å². The van der Waals surface area contributed by atoms with E-state index in [1.807, 2.05) is 13.0 Å². The lowest BCUT2D eigenvalue weighted by Crippen LogP contribution is -2.30. The second-order valence-electron chi connectivity index (χ2n) is 6.63. The van der Waals surface area contributed by atoms with E-state index in [0.717, 1.165) is 35.7 Å². The maximum Gasteiger partial charge on any atom is 0.163 e. The summed E-state index contributed by atoms with van der Waals surface area (Å²) in [7, 11) is 0. The highest BCUT2D eigenvalue weighted by Crippen LogP contribution is 2.28. The topological polar surface area (TPSA) is 39.1 Å². The van der Waals surface area contributed by atoms with Crippen LogP contribution >= 0.6 is 0 Å². The molecule has 3 rings (SSSR count). The van der Waals surface area contributed by atoms with Gasteiger partial charge in [-0.25, -0.2) is 0 Å². The van der Waals surface area contributed by atoms with E-state index < -0.39 is 0 Å². The van der Waals surface area contributed by atoms with Crippen LogP contribution in [-0.2, 0) is 17.8 Å². The molecule has 2 aromatic rings. The lowest BCUT2D eigenvalue weighted by Gasteiger charge is -2.04. The molecule has 0 amide bonds. The first-order valence-electron chi connectivity index (χ1n) is 8.89. The van der Waals surface area contributed by atoms with Crippen molar-refractivity contribution in [3.05, 3.63) is 33.8 Å². The van der Waals surface area contributed by atoms with Gasteiger partial charge in [0.2, 0.25) is 0 Å². The average molecular weight is 323 g/mol. The van der Waals surface area contributed by atoms with Crippen molar-refractivity contribution in [2.75, 3.05) is 0 Å². The molecule has 126 valence electrons. The fraction of sp³-hybridized carbons (Fsp3) is 0.429. The fourth-order valence-electron chi connectivity index (χ4n) is 3.75. The van der Waals surface area contributed by atoms with Crippen molar-refractivity contribution in [3.8, 4) is 0 Å². The lowest BCUT2D eigenvalue weighted by molar-refractivity contribution is -0.118. The third-order valence-corrected chi connectivity index (χ3v) is 5.09. The minimum Gasteiger partial charge on any atom is -0.341 e. The van der Waals surface area contributed by atoms with Gasteiger partial charge in [-0.3, -0.25) is 9.59 Å². The molecule has 24 heavy (non-hydrogen) atoms. The van der Waals surface area contributed by atoms with Crippen molar-refractivity contribution < 1.29 is 9.59 Å². The minimum absolute atomic E-state index is 0.127. The van der Waals surface area contributed by atoms with E-state index in [1.165, 1.54) is 16.3 Å². The third kappa shape index (κ3) is 2.52. The third-order valence-electron chi connectivity index (χ3n) is 5.09. The molecule has 0 aliphatic heterocycles. The van der Waals surface area contributed by atoms with Crippen LogP contribution in [0.25, 0.3) is 23.1 Å². The van der Waals surface area contributed by atoms with Gasteiger partial charge in [-0.2, -0.15) is 0 Å². The van der Waals surface area contributed by atoms with E-state index in [9.17, 15) is 9.59 Å². The Labute approximate surface area is 142 Å². The number of aryl methyl sites for hydroxylation is 2. The molecule has 1 unspecified atom stereocenters. The molecular weight excluding hydrogens is 298 g/mol. The molecule has 0 saturated carbocycles. The molecule has 3 nitrogen and oxygen atoms in total. The summed E-state index contributed by atoms with van der Waals surface area (Å²) in [5.74, 6) is 0.277. The van der Waals surface area contributed by atoms with Gasteiger partial charge in [0, 0.05) is 45.9 Å². The SMILES string of the molecule is CC/C=c1\c(=C/C(C)C(C)=O)c2c3c(ccc2n1CC)C(=O)CC3. The Morgan fingerprint density at radius 1 is 1.29 bits per heavy atom. The summed E-state index contributed by atoms with van der Waals surface area (Å²) in [5.41, 5.74) is 3.20. The molecule has 1 aliphatic rings. The van der Waals surface area contributed by atoms with Crippen LogP contribution in [0.1, 0.15) is 56.5 Å². The molecule has 1 aromatic carbocycles. The van der Waals surface area contributed by atoms with Crippen molar-refractivity contribution in [1.82, 2.24) is 4.57 Å². The smallest absolute Gasteiger partial charge is 0.163 e. The second-order valence-corrected chi connectivity index (χ2v) is 6.63. The molecule has 1 aromatic heterocycles. The van der Waals surface area contributed by atoms with E-state index in [-0.39, 0.29) is 17.5 Å². The van der Waals surface area contributed by atoms with E-state index >= 15 is 0 Å². The number of hydrogen-bond donors (Lipinski definition) is 0. The Hall–Kier alpha value is -2.16. The van der Waals surface area contributed by atoms with Crippen LogP contribution in [-0.4, -0.2) is 16.1 Å². The summed E-state index contributed by atoms with van der Waals surface area (Å²) in [6.45, 7) is 8.73. The first kappa shape index (κ1) is 16.7. The molecule has 0 radical (unpaired) electrons. The van der Waals surface area contributed by atoms with Crippen LogP contribution in [0.15, 0.2) is 12.1 Å². The van der Waals surface area contributed by atoms with Gasteiger partial charge >= 0.3 is 0 Å². The van der Waals surface area contributed by atoms with Crippen molar-refractivity contribution in [2.45, 2.75) is 53.5 Å². The predicted octanol–water partition coefficient (Wildman–Crippen LogP) is 2.99. The minimum atomic E-state index is -0.127. The molecule has 0 spiro atoms. The molecule has 0 fully saturated rings. The van der Waals surface area contributed by atoms with Gasteiger partial charge in [0.1, 0.15) is 5.78 Å². The van der Waals surface area contributed by atoms with Crippen LogP contribution in [0.4, 0.5) is 0 Å². The first-order valence-corrected chi connectivity index (χ1v) is 8.89. The molecule has 0 saturated heterocycles. The number of ketones is 2. The molecule has 3 heteroatoms. The molecule has 1 heterocycles. The zero-order valence-electron chi connectivity index (χ0n) is 15.0. The van der Waals surface area contributed by atoms with Crippen LogP contribution < -0.4 is 10.6 Å². The molecule has 0 N–H and O–H groups in total. The highest BCUT2D eigenvalue weighted by Gasteiger charge is 2.24. The second kappa shape index (κ2) is 6.39. The Kier molecular flexibility index (Phi) is 4.44. The Morgan fingerprint density at radius 3 is 2.67 bits per heavy atom. The molecule has 1 atom stereocenters. The zero-order valence-corrected chi connectivity index (χ0v) is 15.0. The fourth-order valence-corrected chi connectivity index (χ4v) is 3.75. The summed E-state index contributed by atoms with van der Waals surface area (Å²) in [6, 6.07) is 4.05. The number of carbonyl (C=O) groups is 2. The lowest BCUT2D eigenvalue weighted by atomic mass is 10.0. The van der Waals surface area contributed by atoms with Crippen molar-refractivity contribution in [1.29, 1.82) is 0 Å². The number of fused-ring (bicyclic) bond motifs is 3. The summed E-state index contributed by atoms with van der Waals surface area (Å²) < 4.78 is 2.31. The monoisotopic (exact) mass is 323 g/mol. The number of carbonyl (C=O) groups excluding carboxylic acids is 2. The van der Waals surface area contributed by atoms with Gasteiger partial charge in [0.25, 0.3) is 0 Å². The Bertz CT molecular complexity index is 947. The molecular formula is C21H25NO2.